The lowest BCUT2D eigenvalue weighted by atomic mass is 10.2. The molecule has 0 aliphatic carbocycles. The van der Waals surface area contributed by atoms with E-state index in [2.05, 4.69) is 23.2 Å². The second-order valence-corrected chi connectivity index (χ2v) is 2.74. The minimum absolute atomic E-state index is 0.806. The third-order valence-electron chi connectivity index (χ3n) is 0.908. The van der Waals surface area contributed by atoms with Crippen molar-refractivity contribution in [2.45, 2.75) is 19.3 Å². The van der Waals surface area contributed by atoms with Crippen molar-refractivity contribution in [1.29, 1.82) is 0 Å². The lowest BCUT2D eigenvalue weighted by Crippen LogP contribution is -2.02. The summed E-state index contributed by atoms with van der Waals surface area (Å²) in [6, 6.07) is 0. The van der Waals surface area contributed by atoms with Gasteiger partial charge in [-0.3, -0.25) is 4.79 Å². The smallest absolute Gasteiger partial charge is 0.313 e. The number of halogens is 2. The van der Waals surface area contributed by atoms with E-state index in [9.17, 15) is 0 Å². The summed E-state index contributed by atoms with van der Waals surface area (Å²) >= 11 is 8.80. The van der Waals surface area contributed by atoms with E-state index in [0.29, 0.717) is 0 Å². The average molecular weight is 201 g/mol. The van der Waals surface area contributed by atoms with Crippen molar-refractivity contribution in [3.05, 3.63) is 0 Å². The van der Waals surface area contributed by atoms with E-state index in [0.717, 1.165) is 25.9 Å². The molecule has 3 nitrogen and oxygen atoms in total. The predicted octanol–water partition coefficient (Wildman–Crippen LogP) is 1.66. The lowest BCUT2D eigenvalue weighted by molar-refractivity contribution is 0.275. The van der Waals surface area contributed by atoms with Gasteiger partial charge in [-0.05, 0) is 49.1 Å². The highest BCUT2D eigenvalue weighted by atomic mass is 35.5. The number of hydrogen-bond donors (Lipinski definition) is 2. The zero-order valence-electron chi connectivity index (χ0n) is 6.35. The van der Waals surface area contributed by atoms with E-state index in [1.54, 1.807) is 0 Å². The maximum atomic E-state index is 8.98. The Morgan fingerprint density at radius 3 is 1.45 bits per heavy atom. The van der Waals surface area contributed by atoms with Crippen molar-refractivity contribution in [1.82, 2.24) is 0 Å². The summed E-state index contributed by atoms with van der Waals surface area (Å²) in [4.78, 5) is 8.98. The Hall–Kier alpha value is 0.170. The molecule has 0 aliphatic rings. The zero-order valence-corrected chi connectivity index (χ0v) is 7.87. The summed E-state index contributed by atoms with van der Waals surface area (Å²) < 4.78 is -0.889. The highest BCUT2D eigenvalue weighted by Crippen LogP contribution is 1.88. The van der Waals surface area contributed by atoms with Gasteiger partial charge in [0.1, 0.15) is 0 Å². The van der Waals surface area contributed by atoms with E-state index >= 15 is 0 Å². The van der Waals surface area contributed by atoms with Crippen LogP contribution in [-0.2, 0) is 0 Å². The molecule has 0 bridgehead atoms. The third-order valence-corrected chi connectivity index (χ3v) is 0.908. The van der Waals surface area contributed by atoms with E-state index in [4.69, 9.17) is 16.3 Å². The Balaban J connectivity index is 0. The van der Waals surface area contributed by atoms with E-state index in [1.165, 1.54) is 6.42 Å². The first-order valence-corrected chi connectivity index (χ1v) is 4.15. The molecule has 0 saturated heterocycles. The molecule has 0 saturated carbocycles. The van der Waals surface area contributed by atoms with Crippen LogP contribution in [0.3, 0.4) is 0 Å². The topological polar surface area (TPSA) is 69.1 Å². The minimum Gasteiger partial charge on any atom is -0.330 e. The molecule has 0 aliphatic heterocycles. The normalized spacial score (nSPS) is 8.36. The number of nitrogens with two attached hydrogens (primary N) is 2. The van der Waals surface area contributed by atoms with Crippen molar-refractivity contribution < 1.29 is 4.79 Å². The van der Waals surface area contributed by atoms with E-state index in [1.807, 2.05) is 0 Å². The molecule has 0 aromatic heterocycles. The molecule has 11 heavy (non-hydrogen) atoms. The van der Waals surface area contributed by atoms with E-state index < -0.39 is 4.70 Å². The lowest BCUT2D eigenvalue weighted by Gasteiger charge is -1.91. The van der Waals surface area contributed by atoms with Crippen molar-refractivity contribution in [3.8, 4) is 0 Å². The summed E-state index contributed by atoms with van der Waals surface area (Å²) in [7, 11) is 0. The quantitative estimate of drug-likeness (QED) is 0.536. The van der Waals surface area contributed by atoms with Crippen LogP contribution in [0.1, 0.15) is 19.3 Å². The molecule has 0 radical (unpaired) electrons. The van der Waals surface area contributed by atoms with Gasteiger partial charge in [0, 0.05) is 0 Å². The summed E-state index contributed by atoms with van der Waals surface area (Å²) in [6.07, 6.45) is 3.43. The van der Waals surface area contributed by atoms with Gasteiger partial charge in [-0.2, -0.15) is 0 Å². The Kier molecular flexibility index (Phi) is 16.0. The first kappa shape index (κ1) is 13.7. The molecule has 0 aromatic rings. The van der Waals surface area contributed by atoms with Crippen LogP contribution in [0.2, 0.25) is 0 Å². The molecule has 0 unspecified atom stereocenters. The molecule has 0 rings (SSSR count). The van der Waals surface area contributed by atoms with Gasteiger partial charge in [-0.25, -0.2) is 0 Å². The van der Waals surface area contributed by atoms with Crippen molar-refractivity contribution in [3.63, 3.8) is 0 Å². The number of hydrogen-bond acceptors (Lipinski definition) is 3. The van der Waals surface area contributed by atoms with Gasteiger partial charge < -0.3 is 11.5 Å². The molecule has 68 valence electrons. The third kappa shape index (κ3) is 39.0. The Morgan fingerprint density at radius 2 is 1.27 bits per heavy atom. The number of unbranched alkanes of at least 4 members (excludes halogenated alkanes) is 2. The van der Waals surface area contributed by atoms with E-state index in [-0.39, 0.29) is 0 Å². The number of carbonyl (C=O) groups excluding carboxylic acids is 1. The maximum absolute atomic E-state index is 8.98. The molecule has 0 amide bonds. The van der Waals surface area contributed by atoms with Crippen LogP contribution in [0.5, 0.6) is 0 Å². The van der Waals surface area contributed by atoms with Gasteiger partial charge in [-0.15, -0.1) is 0 Å². The van der Waals surface area contributed by atoms with Crippen LogP contribution in [0.4, 0.5) is 4.79 Å². The molecular formula is C6H14Cl2N2O. The summed E-state index contributed by atoms with van der Waals surface area (Å²) in [5, 5.41) is 0. The van der Waals surface area contributed by atoms with Crippen molar-refractivity contribution >= 4 is 27.9 Å². The van der Waals surface area contributed by atoms with Crippen LogP contribution in [-0.4, -0.2) is 17.8 Å². The SMILES string of the molecule is NCCCCCN.O=C(Cl)Cl. The second kappa shape index (κ2) is 12.8. The van der Waals surface area contributed by atoms with Crippen LogP contribution in [0.15, 0.2) is 0 Å². The fourth-order valence-corrected chi connectivity index (χ4v) is 0.465. The standard InChI is InChI=1S/C5H14N2.CCl2O/c6-4-2-1-3-5-7;2-1(3)4/h1-7H2;. The molecule has 5 heteroatoms. The fraction of sp³-hybridized carbons (Fsp3) is 0.833. The molecular weight excluding hydrogens is 187 g/mol. The highest BCUT2D eigenvalue weighted by molar-refractivity contribution is 6.93. The molecule has 0 heterocycles. The zero-order chi connectivity index (χ0) is 9.11. The van der Waals surface area contributed by atoms with Crippen LogP contribution in [0, 0.1) is 0 Å². The largest absolute Gasteiger partial charge is 0.330 e. The Bertz CT molecular complexity index is 82.7. The Morgan fingerprint density at radius 1 is 1.00 bits per heavy atom. The van der Waals surface area contributed by atoms with Gasteiger partial charge in [0.15, 0.2) is 0 Å². The molecule has 0 atom stereocenters. The number of rotatable bonds is 4. The van der Waals surface area contributed by atoms with Gasteiger partial charge in [0.25, 0.3) is 0 Å². The van der Waals surface area contributed by atoms with Gasteiger partial charge >= 0.3 is 4.70 Å². The first-order valence-electron chi connectivity index (χ1n) is 3.40. The van der Waals surface area contributed by atoms with Crippen LogP contribution in [0.25, 0.3) is 0 Å². The van der Waals surface area contributed by atoms with Crippen molar-refractivity contribution in [2.24, 2.45) is 11.5 Å². The molecule has 0 spiro atoms. The fourth-order valence-electron chi connectivity index (χ4n) is 0.465. The Labute approximate surface area is 77.0 Å². The first-order chi connectivity index (χ1) is 5.15. The number of carbonyl (C=O) groups is 1. The molecule has 4 N–H and O–H groups in total. The maximum Gasteiger partial charge on any atom is 0.313 e. The summed E-state index contributed by atoms with van der Waals surface area (Å²) in [6.45, 7) is 1.61. The van der Waals surface area contributed by atoms with Gasteiger partial charge in [0.2, 0.25) is 0 Å². The average Bonchev–Trinajstić information content (AvgIpc) is 1.88. The van der Waals surface area contributed by atoms with Crippen LogP contribution < -0.4 is 11.5 Å². The molecule has 0 aromatic carbocycles. The molecule has 0 fully saturated rings. The van der Waals surface area contributed by atoms with Crippen LogP contribution >= 0.6 is 23.2 Å². The monoisotopic (exact) mass is 200 g/mol. The van der Waals surface area contributed by atoms with Gasteiger partial charge in [-0.1, -0.05) is 6.42 Å². The minimum atomic E-state index is -0.889. The second-order valence-electron chi connectivity index (χ2n) is 1.86. The predicted molar refractivity (Wildman–Crippen MR) is 49.1 cm³/mol. The van der Waals surface area contributed by atoms with Gasteiger partial charge in [0.05, 0.1) is 0 Å². The summed E-state index contributed by atoms with van der Waals surface area (Å²) in [5.74, 6) is 0. The summed E-state index contributed by atoms with van der Waals surface area (Å²) in [5.41, 5.74) is 10.5. The highest BCUT2D eigenvalue weighted by Gasteiger charge is 1.80. The van der Waals surface area contributed by atoms with Crippen molar-refractivity contribution in [2.75, 3.05) is 13.1 Å².